The first-order chi connectivity index (χ1) is 15.8. The van der Waals surface area contributed by atoms with Gasteiger partial charge in [0.2, 0.25) is 5.91 Å². The number of benzene rings is 1. The number of esters is 1. The highest BCUT2D eigenvalue weighted by Crippen LogP contribution is 2.31. The molecule has 8 nitrogen and oxygen atoms in total. The number of nitrogens with zero attached hydrogens (tertiary/aromatic N) is 3. The first kappa shape index (κ1) is 23.3. The van der Waals surface area contributed by atoms with Crippen molar-refractivity contribution in [3.8, 4) is 0 Å². The zero-order chi connectivity index (χ0) is 23.6. The summed E-state index contributed by atoms with van der Waals surface area (Å²) >= 11 is 6.03. The Kier molecular flexibility index (Phi) is 6.74. The number of fused-ring (bicyclic) bond motifs is 1. The summed E-state index contributed by atoms with van der Waals surface area (Å²) in [6, 6.07) is 7.24. The van der Waals surface area contributed by atoms with E-state index in [2.05, 4.69) is 10.3 Å². The summed E-state index contributed by atoms with van der Waals surface area (Å²) in [6.45, 7) is 2.15. The molecule has 1 N–H and O–H groups in total. The van der Waals surface area contributed by atoms with Crippen molar-refractivity contribution in [2.45, 2.75) is 70.1 Å². The van der Waals surface area contributed by atoms with Crippen LogP contribution in [-0.2, 0) is 22.6 Å². The predicted molar refractivity (Wildman–Crippen MR) is 123 cm³/mol. The van der Waals surface area contributed by atoms with Crippen LogP contribution in [0.3, 0.4) is 0 Å². The van der Waals surface area contributed by atoms with E-state index in [4.69, 9.17) is 16.3 Å². The number of methoxy groups -OCH3 is 1. The van der Waals surface area contributed by atoms with Gasteiger partial charge in [-0.1, -0.05) is 49.4 Å². The van der Waals surface area contributed by atoms with E-state index in [1.54, 1.807) is 23.6 Å². The van der Waals surface area contributed by atoms with Crippen molar-refractivity contribution in [1.82, 2.24) is 19.8 Å². The highest BCUT2D eigenvalue weighted by atomic mass is 35.5. The summed E-state index contributed by atoms with van der Waals surface area (Å²) in [7, 11) is 1.25. The maximum atomic E-state index is 13.7. The van der Waals surface area contributed by atoms with Gasteiger partial charge in [-0.25, -0.2) is 9.78 Å². The number of carbonyl (C=O) groups excluding carboxylic acids is 3. The van der Waals surface area contributed by atoms with Crippen molar-refractivity contribution in [3.05, 3.63) is 52.6 Å². The van der Waals surface area contributed by atoms with Crippen molar-refractivity contribution in [1.29, 1.82) is 0 Å². The molecule has 1 aromatic heterocycles. The molecule has 2 amide bonds. The van der Waals surface area contributed by atoms with Crippen LogP contribution < -0.4 is 5.32 Å². The van der Waals surface area contributed by atoms with Gasteiger partial charge in [-0.15, -0.1) is 0 Å². The van der Waals surface area contributed by atoms with Crippen LogP contribution in [0.4, 0.5) is 0 Å². The largest absolute Gasteiger partial charge is 0.464 e. The van der Waals surface area contributed by atoms with E-state index in [-0.39, 0.29) is 36.4 Å². The number of amides is 2. The van der Waals surface area contributed by atoms with Crippen LogP contribution in [0.5, 0.6) is 0 Å². The number of nitrogens with one attached hydrogen (secondary N) is 1. The molecule has 1 aliphatic carbocycles. The van der Waals surface area contributed by atoms with Crippen molar-refractivity contribution >= 4 is 29.4 Å². The SMILES string of the molecule is COC(=O)c1ncn2c1C(=O)N(Cc1ccc(Cl)cc1)C(C)(C(=O)NC1CCCCCC1)C2. The lowest BCUT2D eigenvalue weighted by molar-refractivity contribution is -0.134. The van der Waals surface area contributed by atoms with Crippen molar-refractivity contribution < 1.29 is 19.1 Å². The second kappa shape index (κ2) is 9.55. The van der Waals surface area contributed by atoms with Crippen LogP contribution in [-0.4, -0.2) is 50.9 Å². The van der Waals surface area contributed by atoms with Crippen LogP contribution in [0.15, 0.2) is 30.6 Å². The van der Waals surface area contributed by atoms with Crippen LogP contribution in [0, 0.1) is 0 Å². The standard InChI is InChI=1S/C24H29ClN4O4/c1-24(23(32)27-18-7-5-3-4-6-8-18)14-28-15-26-19(22(31)33-2)20(28)21(30)29(24)13-16-9-11-17(25)12-10-16/h9-12,15,18H,3-8,13-14H2,1-2H3,(H,27,32). The van der Waals surface area contributed by atoms with Gasteiger partial charge in [0.1, 0.15) is 11.2 Å². The number of hydrogen-bond acceptors (Lipinski definition) is 5. The third kappa shape index (κ3) is 4.62. The van der Waals surface area contributed by atoms with E-state index in [0.717, 1.165) is 31.2 Å². The lowest BCUT2D eigenvalue weighted by Crippen LogP contribution is -2.64. The van der Waals surface area contributed by atoms with E-state index < -0.39 is 17.4 Å². The lowest BCUT2D eigenvalue weighted by Gasteiger charge is -2.44. The van der Waals surface area contributed by atoms with Gasteiger partial charge in [0.25, 0.3) is 5.91 Å². The average molecular weight is 473 g/mol. The highest BCUT2D eigenvalue weighted by Gasteiger charge is 2.49. The topological polar surface area (TPSA) is 93.5 Å². The summed E-state index contributed by atoms with van der Waals surface area (Å²) in [5, 5.41) is 3.79. The molecule has 2 aromatic rings. The van der Waals surface area contributed by atoms with Gasteiger partial charge >= 0.3 is 5.97 Å². The minimum absolute atomic E-state index is 0.0465. The van der Waals surface area contributed by atoms with Gasteiger partial charge in [-0.05, 0) is 37.5 Å². The molecule has 0 radical (unpaired) electrons. The summed E-state index contributed by atoms with van der Waals surface area (Å²) in [5.41, 5.74) is -0.247. The molecule has 0 saturated heterocycles. The van der Waals surface area contributed by atoms with Gasteiger partial charge in [-0.3, -0.25) is 9.59 Å². The molecule has 1 unspecified atom stereocenters. The first-order valence-corrected chi connectivity index (χ1v) is 11.7. The molecule has 1 atom stereocenters. The van der Waals surface area contributed by atoms with Gasteiger partial charge in [0.15, 0.2) is 5.69 Å². The van der Waals surface area contributed by atoms with E-state index in [9.17, 15) is 14.4 Å². The maximum Gasteiger partial charge on any atom is 0.359 e. The normalized spacial score (nSPS) is 21.3. The fourth-order valence-corrected chi connectivity index (χ4v) is 4.85. The molecular weight excluding hydrogens is 444 g/mol. The third-order valence-electron chi connectivity index (χ3n) is 6.67. The predicted octanol–water partition coefficient (Wildman–Crippen LogP) is 3.58. The minimum Gasteiger partial charge on any atom is -0.464 e. The smallest absolute Gasteiger partial charge is 0.359 e. The number of carbonyl (C=O) groups is 3. The molecule has 176 valence electrons. The Balaban J connectivity index is 1.69. The molecule has 1 saturated carbocycles. The van der Waals surface area contributed by atoms with E-state index in [0.29, 0.717) is 5.02 Å². The van der Waals surface area contributed by atoms with Crippen molar-refractivity contribution in [2.24, 2.45) is 0 Å². The van der Waals surface area contributed by atoms with Crippen LogP contribution in [0.1, 0.15) is 72.0 Å². The molecule has 1 aliphatic heterocycles. The molecule has 1 fully saturated rings. The number of imidazole rings is 1. The Bertz CT molecular complexity index is 1040. The summed E-state index contributed by atoms with van der Waals surface area (Å²) in [4.78, 5) is 45.2. The van der Waals surface area contributed by atoms with Gasteiger partial charge in [-0.2, -0.15) is 0 Å². The first-order valence-electron chi connectivity index (χ1n) is 11.3. The summed E-state index contributed by atoms with van der Waals surface area (Å²) in [5.74, 6) is -1.32. The monoisotopic (exact) mass is 472 g/mol. The Labute approximate surface area is 198 Å². The zero-order valence-corrected chi connectivity index (χ0v) is 19.7. The van der Waals surface area contributed by atoms with Crippen LogP contribution in [0.2, 0.25) is 5.02 Å². The molecule has 33 heavy (non-hydrogen) atoms. The van der Waals surface area contributed by atoms with E-state index in [1.165, 1.54) is 31.2 Å². The number of aromatic nitrogens is 2. The Morgan fingerprint density at radius 2 is 1.85 bits per heavy atom. The molecule has 0 spiro atoms. The number of rotatable bonds is 5. The minimum atomic E-state index is -1.16. The second-order valence-corrected chi connectivity index (χ2v) is 9.45. The lowest BCUT2D eigenvalue weighted by atomic mass is 9.92. The third-order valence-corrected chi connectivity index (χ3v) is 6.92. The van der Waals surface area contributed by atoms with E-state index in [1.807, 2.05) is 12.1 Å². The van der Waals surface area contributed by atoms with E-state index >= 15 is 0 Å². The second-order valence-electron chi connectivity index (χ2n) is 9.01. The Morgan fingerprint density at radius 3 is 2.48 bits per heavy atom. The molecule has 9 heteroatoms. The molecule has 2 heterocycles. The maximum absolute atomic E-state index is 13.7. The molecule has 2 aliphatic rings. The molecular formula is C24H29ClN4O4. The zero-order valence-electron chi connectivity index (χ0n) is 19.0. The number of hydrogen-bond donors (Lipinski definition) is 1. The fourth-order valence-electron chi connectivity index (χ4n) is 4.72. The van der Waals surface area contributed by atoms with Gasteiger partial charge in [0.05, 0.1) is 20.0 Å². The quantitative estimate of drug-likeness (QED) is 0.530. The summed E-state index contributed by atoms with van der Waals surface area (Å²) < 4.78 is 6.39. The van der Waals surface area contributed by atoms with Crippen molar-refractivity contribution in [2.75, 3.05) is 7.11 Å². The van der Waals surface area contributed by atoms with Crippen LogP contribution >= 0.6 is 11.6 Å². The summed E-state index contributed by atoms with van der Waals surface area (Å²) in [6.07, 6.45) is 7.84. The fraction of sp³-hybridized carbons (Fsp3) is 0.500. The molecule has 0 bridgehead atoms. The van der Waals surface area contributed by atoms with Gasteiger partial charge in [0, 0.05) is 17.6 Å². The van der Waals surface area contributed by atoms with Gasteiger partial charge < -0.3 is 19.5 Å². The van der Waals surface area contributed by atoms with Crippen molar-refractivity contribution in [3.63, 3.8) is 0 Å². The molecule has 1 aromatic carbocycles. The van der Waals surface area contributed by atoms with Crippen LogP contribution in [0.25, 0.3) is 0 Å². The number of halogens is 1. The Hall–Kier alpha value is -2.87. The highest BCUT2D eigenvalue weighted by molar-refractivity contribution is 6.30. The molecule has 4 rings (SSSR count). The Morgan fingerprint density at radius 1 is 1.18 bits per heavy atom. The average Bonchev–Trinajstić information content (AvgIpc) is 3.05. The number of ether oxygens (including phenoxy) is 1.